The Morgan fingerprint density at radius 3 is 2.86 bits per heavy atom. The second-order valence-corrected chi connectivity index (χ2v) is 8.42. The minimum absolute atomic E-state index is 0.150. The van der Waals surface area contributed by atoms with Gasteiger partial charge in [0, 0.05) is 12.0 Å². The zero-order valence-electron chi connectivity index (χ0n) is 15.9. The van der Waals surface area contributed by atoms with E-state index in [-0.39, 0.29) is 5.91 Å². The van der Waals surface area contributed by atoms with Crippen molar-refractivity contribution in [2.24, 2.45) is 0 Å². The highest BCUT2D eigenvalue weighted by Gasteiger charge is 2.21. The summed E-state index contributed by atoms with van der Waals surface area (Å²) in [6, 6.07) is 7.62. The molecule has 0 unspecified atom stereocenters. The number of thioether (sulfide) groups is 1. The molecule has 1 aromatic heterocycles. The van der Waals surface area contributed by atoms with E-state index < -0.39 is 0 Å². The molecule has 29 heavy (non-hydrogen) atoms. The number of nitrogens with one attached hydrogen (secondary N) is 1. The lowest BCUT2D eigenvalue weighted by atomic mass is 10.1. The van der Waals surface area contributed by atoms with Crippen molar-refractivity contribution in [2.75, 3.05) is 6.61 Å². The second kappa shape index (κ2) is 8.80. The Hall–Kier alpha value is -2.64. The predicted octanol–water partition coefficient (Wildman–Crippen LogP) is 4.83. The van der Waals surface area contributed by atoms with Gasteiger partial charge in [0.15, 0.2) is 0 Å². The van der Waals surface area contributed by atoms with Gasteiger partial charge in [-0.1, -0.05) is 54.3 Å². The number of aromatic nitrogens is 1. The normalized spacial score (nSPS) is 17.6. The van der Waals surface area contributed by atoms with Crippen molar-refractivity contribution in [3.8, 4) is 5.75 Å². The number of carbonyl (C=O) groups excluding carboxylic acids is 1. The second-order valence-electron chi connectivity index (χ2n) is 6.70. The van der Waals surface area contributed by atoms with Gasteiger partial charge >= 0.3 is 0 Å². The number of ether oxygens (including phenoxy) is 1. The fraction of sp³-hybridized carbons (Fsp3) is 0.227. The van der Waals surface area contributed by atoms with Gasteiger partial charge in [-0.2, -0.15) is 0 Å². The van der Waals surface area contributed by atoms with E-state index in [0.29, 0.717) is 28.1 Å². The Bertz CT molecular complexity index is 1030. The quantitative estimate of drug-likeness (QED) is 0.529. The molecule has 2 aromatic rings. The average Bonchev–Trinajstić information content (AvgIpc) is 3.25. The van der Waals surface area contributed by atoms with Crippen LogP contribution in [0.4, 0.5) is 0 Å². The summed E-state index contributed by atoms with van der Waals surface area (Å²) in [7, 11) is 0. The summed E-state index contributed by atoms with van der Waals surface area (Å²) in [5.74, 6) is 2.18. The van der Waals surface area contributed by atoms with Gasteiger partial charge < -0.3 is 14.5 Å². The van der Waals surface area contributed by atoms with E-state index in [1.165, 1.54) is 11.8 Å². The lowest BCUT2D eigenvalue weighted by Gasteiger charge is -2.05. The van der Waals surface area contributed by atoms with E-state index in [9.17, 15) is 4.79 Å². The zero-order chi connectivity index (χ0) is 20.2. The number of hydrogen-bond acceptors (Lipinski definition) is 6. The van der Waals surface area contributed by atoms with Crippen LogP contribution in [0.1, 0.15) is 35.7 Å². The smallest absolute Gasteiger partial charge is 0.263 e. The van der Waals surface area contributed by atoms with Crippen molar-refractivity contribution in [3.05, 3.63) is 70.3 Å². The molecule has 1 aliphatic carbocycles. The van der Waals surface area contributed by atoms with Gasteiger partial charge in [-0.3, -0.25) is 4.79 Å². The molecule has 0 saturated carbocycles. The molecule has 148 valence electrons. The Balaban J connectivity index is 1.33. The first-order valence-corrected chi connectivity index (χ1v) is 10.6. The third-order valence-electron chi connectivity index (χ3n) is 4.61. The number of thiocarbonyl (C=S) groups is 1. The standard InChI is InChI=1S/C22H20N2O3S2/c1-14-18(23-21(27-14)16-5-3-2-4-6-16)11-12-26-17-9-7-15(8-10-17)13-19-20(25)24-22(28)29-19/h2-3,5,7-10,13H,4,6,11-12H2,1H3,(H,24,25,28)/b19-13-. The number of oxazole rings is 1. The molecule has 0 bridgehead atoms. The summed E-state index contributed by atoms with van der Waals surface area (Å²) in [5, 5.41) is 2.61. The molecule has 2 heterocycles. The molecule has 0 spiro atoms. The van der Waals surface area contributed by atoms with Gasteiger partial charge in [-0.05, 0) is 43.5 Å². The van der Waals surface area contributed by atoms with E-state index in [0.717, 1.165) is 41.2 Å². The third-order valence-corrected chi connectivity index (χ3v) is 5.77. The average molecular weight is 425 g/mol. The first-order valence-electron chi connectivity index (χ1n) is 9.38. The fourth-order valence-electron chi connectivity index (χ4n) is 3.08. The van der Waals surface area contributed by atoms with E-state index in [4.69, 9.17) is 21.4 Å². The molecule has 5 nitrogen and oxygen atoms in total. The minimum Gasteiger partial charge on any atom is -0.493 e. The van der Waals surface area contributed by atoms with Gasteiger partial charge in [-0.25, -0.2) is 4.98 Å². The largest absolute Gasteiger partial charge is 0.493 e. The summed E-state index contributed by atoms with van der Waals surface area (Å²) in [5.41, 5.74) is 2.99. The van der Waals surface area contributed by atoms with Crippen molar-refractivity contribution in [2.45, 2.75) is 26.2 Å². The summed E-state index contributed by atoms with van der Waals surface area (Å²) >= 11 is 6.27. The SMILES string of the molecule is Cc1oc(C2=CC=CCC2)nc1CCOc1ccc(/C=C2\SC(=S)NC2=O)cc1. The van der Waals surface area contributed by atoms with Crippen molar-refractivity contribution < 1.29 is 13.9 Å². The van der Waals surface area contributed by atoms with Gasteiger partial charge in [0.2, 0.25) is 5.89 Å². The lowest BCUT2D eigenvalue weighted by molar-refractivity contribution is -0.115. The zero-order valence-corrected chi connectivity index (χ0v) is 17.6. The summed E-state index contributed by atoms with van der Waals surface area (Å²) in [6.45, 7) is 2.45. The van der Waals surface area contributed by atoms with Gasteiger partial charge in [0.1, 0.15) is 15.8 Å². The van der Waals surface area contributed by atoms with Crippen LogP contribution in [0.2, 0.25) is 0 Å². The molecule has 1 saturated heterocycles. The van der Waals surface area contributed by atoms with Crippen LogP contribution in [0.15, 0.2) is 51.8 Å². The Morgan fingerprint density at radius 2 is 2.17 bits per heavy atom. The topological polar surface area (TPSA) is 64.4 Å². The van der Waals surface area contributed by atoms with Crippen LogP contribution >= 0.6 is 24.0 Å². The lowest BCUT2D eigenvalue weighted by Crippen LogP contribution is -2.17. The molecule has 0 atom stereocenters. The highest BCUT2D eigenvalue weighted by atomic mass is 32.2. The first kappa shape index (κ1) is 19.7. The Labute approximate surface area is 178 Å². The van der Waals surface area contributed by atoms with Crippen molar-refractivity contribution in [1.82, 2.24) is 10.3 Å². The van der Waals surface area contributed by atoms with Crippen molar-refractivity contribution >= 4 is 45.9 Å². The summed E-state index contributed by atoms with van der Waals surface area (Å²) in [4.78, 5) is 17.0. The van der Waals surface area contributed by atoms with Crippen LogP contribution in [0.3, 0.4) is 0 Å². The Kier molecular flexibility index (Phi) is 5.97. The fourth-order valence-corrected chi connectivity index (χ4v) is 4.12. The van der Waals surface area contributed by atoms with Gasteiger partial charge in [0.25, 0.3) is 5.91 Å². The van der Waals surface area contributed by atoms with Crippen LogP contribution in [0.5, 0.6) is 5.75 Å². The molecule has 2 aliphatic rings. The predicted molar refractivity (Wildman–Crippen MR) is 120 cm³/mol. The molecule has 1 N–H and O–H groups in total. The third kappa shape index (κ3) is 4.86. The van der Waals surface area contributed by atoms with Crippen LogP contribution in [-0.4, -0.2) is 21.8 Å². The number of aryl methyl sites for hydroxylation is 1. The molecule has 7 heteroatoms. The summed E-state index contributed by atoms with van der Waals surface area (Å²) in [6.07, 6.45) is 10.7. The van der Waals surface area contributed by atoms with E-state index in [1.807, 2.05) is 43.3 Å². The highest BCUT2D eigenvalue weighted by Crippen LogP contribution is 2.27. The number of allylic oxidation sites excluding steroid dienone is 4. The maximum absolute atomic E-state index is 11.7. The van der Waals surface area contributed by atoms with Crippen LogP contribution in [0, 0.1) is 6.92 Å². The van der Waals surface area contributed by atoms with Crippen LogP contribution < -0.4 is 10.1 Å². The maximum Gasteiger partial charge on any atom is 0.263 e. The molecule has 0 radical (unpaired) electrons. The molecule has 1 aromatic carbocycles. The van der Waals surface area contributed by atoms with Gasteiger partial charge in [-0.15, -0.1) is 0 Å². The monoisotopic (exact) mass is 424 g/mol. The van der Waals surface area contributed by atoms with Gasteiger partial charge in [0.05, 0.1) is 17.2 Å². The Morgan fingerprint density at radius 1 is 1.34 bits per heavy atom. The van der Waals surface area contributed by atoms with Crippen molar-refractivity contribution in [1.29, 1.82) is 0 Å². The van der Waals surface area contributed by atoms with Crippen molar-refractivity contribution in [3.63, 3.8) is 0 Å². The molecule has 4 rings (SSSR count). The van der Waals surface area contributed by atoms with Crippen LogP contribution in [-0.2, 0) is 11.2 Å². The number of nitrogens with zero attached hydrogens (tertiary/aromatic N) is 1. The summed E-state index contributed by atoms with van der Waals surface area (Å²) < 4.78 is 12.2. The minimum atomic E-state index is -0.150. The highest BCUT2D eigenvalue weighted by molar-refractivity contribution is 8.26. The molecule has 1 aliphatic heterocycles. The molecule has 1 fully saturated rings. The maximum atomic E-state index is 11.7. The van der Waals surface area contributed by atoms with E-state index in [1.54, 1.807) is 0 Å². The number of rotatable bonds is 6. The van der Waals surface area contributed by atoms with E-state index in [2.05, 4.69) is 22.5 Å². The van der Waals surface area contributed by atoms with Crippen LogP contribution in [0.25, 0.3) is 11.6 Å². The molecular weight excluding hydrogens is 404 g/mol. The molecule has 1 amide bonds. The number of benzene rings is 1. The number of carbonyl (C=O) groups is 1. The number of amides is 1. The number of hydrogen-bond donors (Lipinski definition) is 1. The van der Waals surface area contributed by atoms with E-state index >= 15 is 0 Å². The first-order chi connectivity index (χ1) is 14.1. The molecular formula is C22H20N2O3S2.